The molecule has 1 atom stereocenters. The van der Waals surface area contributed by atoms with E-state index in [2.05, 4.69) is 4.98 Å². The molecule has 0 bridgehead atoms. The minimum Gasteiger partial charge on any atom is -0.481 e. The van der Waals surface area contributed by atoms with E-state index in [9.17, 15) is 4.79 Å². The molecule has 0 aliphatic heterocycles. The van der Waals surface area contributed by atoms with Crippen LogP contribution in [-0.4, -0.2) is 41.1 Å². The van der Waals surface area contributed by atoms with Crippen molar-refractivity contribution in [1.29, 1.82) is 0 Å². The van der Waals surface area contributed by atoms with Crippen molar-refractivity contribution in [3.63, 3.8) is 0 Å². The van der Waals surface area contributed by atoms with Gasteiger partial charge in [-0.05, 0) is 21.0 Å². The number of likely N-dealkylation sites (N-methyl/N-ethyl adjacent to an activating group) is 1. The van der Waals surface area contributed by atoms with Crippen molar-refractivity contribution < 1.29 is 9.90 Å². The summed E-state index contributed by atoms with van der Waals surface area (Å²) in [4.78, 5) is 16.9. The molecular formula is C10H16N2O2S. The van der Waals surface area contributed by atoms with Gasteiger partial charge < -0.3 is 10.0 Å². The van der Waals surface area contributed by atoms with Crippen LogP contribution in [0.1, 0.15) is 17.1 Å². The molecule has 0 aliphatic carbocycles. The topological polar surface area (TPSA) is 53.4 Å². The number of aromatic nitrogens is 1. The highest BCUT2D eigenvalue weighted by Gasteiger charge is 2.17. The highest BCUT2D eigenvalue weighted by atomic mass is 32.1. The zero-order chi connectivity index (χ0) is 11.4. The molecule has 1 heterocycles. The monoisotopic (exact) mass is 228 g/mol. The molecule has 84 valence electrons. The molecule has 1 unspecified atom stereocenters. The largest absolute Gasteiger partial charge is 0.481 e. The fourth-order valence-corrected chi connectivity index (χ4v) is 2.01. The minimum absolute atomic E-state index is 0.0176. The number of carbonyl (C=O) groups is 1. The molecule has 1 aromatic rings. The van der Waals surface area contributed by atoms with Crippen LogP contribution in [0.5, 0.6) is 0 Å². The second kappa shape index (κ2) is 5.23. The van der Waals surface area contributed by atoms with E-state index in [1.165, 1.54) is 0 Å². The van der Waals surface area contributed by atoms with E-state index in [1.54, 1.807) is 11.3 Å². The molecular weight excluding hydrogens is 212 g/mol. The van der Waals surface area contributed by atoms with Gasteiger partial charge in [-0.3, -0.25) is 4.79 Å². The molecule has 1 aromatic heterocycles. The van der Waals surface area contributed by atoms with Crippen LogP contribution in [0, 0.1) is 6.92 Å². The van der Waals surface area contributed by atoms with Crippen LogP contribution in [0.15, 0.2) is 5.38 Å². The normalized spacial score (nSPS) is 13.1. The lowest BCUT2D eigenvalue weighted by Gasteiger charge is -2.21. The zero-order valence-corrected chi connectivity index (χ0v) is 10.0. The maximum absolute atomic E-state index is 10.7. The Morgan fingerprint density at radius 1 is 1.67 bits per heavy atom. The van der Waals surface area contributed by atoms with Crippen LogP contribution in [0.25, 0.3) is 0 Å². The van der Waals surface area contributed by atoms with Crippen LogP contribution >= 0.6 is 11.3 Å². The molecule has 0 saturated carbocycles. The maximum Gasteiger partial charge on any atom is 0.304 e. The average molecular weight is 228 g/mol. The Labute approximate surface area is 93.6 Å². The van der Waals surface area contributed by atoms with Gasteiger partial charge in [0.2, 0.25) is 0 Å². The van der Waals surface area contributed by atoms with Crippen molar-refractivity contribution in [2.45, 2.75) is 25.8 Å². The number of aliphatic carboxylic acids is 1. The third-order valence-corrected chi connectivity index (χ3v) is 3.07. The lowest BCUT2D eigenvalue weighted by Crippen LogP contribution is -2.32. The highest BCUT2D eigenvalue weighted by molar-refractivity contribution is 7.09. The Balaban J connectivity index is 2.62. The SMILES string of the molecule is Cc1nc(CC(CC(=O)O)N(C)C)cs1. The van der Waals surface area contributed by atoms with E-state index in [-0.39, 0.29) is 12.5 Å². The number of nitrogens with zero attached hydrogens (tertiary/aromatic N) is 2. The third-order valence-electron chi connectivity index (χ3n) is 2.25. The van der Waals surface area contributed by atoms with E-state index in [1.807, 2.05) is 31.3 Å². The van der Waals surface area contributed by atoms with Gasteiger partial charge in [0.15, 0.2) is 0 Å². The summed E-state index contributed by atoms with van der Waals surface area (Å²) in [6, 6.07) is 0.0176. The van der Waals surface area contributed by atoms with Crippen molar-refractivity contribution in [3.05, 3.63) is 16.1 Å². The summed E-state index contributed by atoms with van der Waals surface area (Å²) in [5, 5.41) is 11.8. The Morgan fingerprint density at radius 2 is 2.33 bits per heavy atom. The summed E-state index contributed by atoms with van der Waals surface area (Å²) in [6.45, 7) is 1.95. The Hall–Kier alpha value is -0.940. The molecule has 0 aromatic carbocycles. The van der Waals surface area contributed by atoms with Gasteiger partial charge in [-0.1, -0.05) is 0 Å². The summed E-state index contributed by atoms with van der Waals surface area (Å²) in [5.41, 5.74) is 0.984. The van der Waals surface area contributed by atoms with Gasteiger partial charge in [0, 0.05) is 17.8 Å². The van der Waals surface area contributed by atoms with Crippen molar-refractivity contribution in [2.24, 2.45) is 0 Å². The number of aryl methyl sites for hydroxylation is 1. The summed E-state index contributed by atoms with van der Waals surface area (Å²) >= 11 is 1.60. The van der Waals surface area contributed by atoms with Crippen LogP contribution in [0.2, 0.25) is 0 Å². The van der Waals surface area contributed by atoms with Gasteiger partial charge >= 0.3 is 5.97 Å². The Morgan fingerprint density at radius 3 is 2.73 bits per heavy atom. The molecule has 4 nitrogen and oxygen atoms in total. The van der Waals surface area contributed by atoms with Crippen molar-refractivity contribution in [1.82, 2.24) is 9.88 Å². The summed E-state index contributed by atoms with van der Waals surface area (Å²) in [5.74, 6) is -0.763. The molecule has 0 spiro atoms. The standard InChI is InChI=1S/C10H16N2O2S/c1-7-11-8(6-15-7)4-9(12(2)3)5-10(13)14/h6,9H,4-5H2,1-3H3,(H,13,14). The number of carboxylic acids is 1. The smallest absolute Gasteiger partial charge is 0.304 e. The van der Waals surface area contributed by atoms with Gasteiger partial charge in [0.1, 0.15) is 0 Å². The van der Waals surface area contributed by atoms with Crippen LogP contribution in [-0.2, 0) is 11.2 Å². The molecule has 1 N–H and O–H groups in total. The van der Waals surface area contributed by atoms with E-state index in [0.717, 1.165) is 10.7 Å². The second-order valence-corrected chi connectivity index (χ2v) is 4.84. The summed E-state index contributed by atoms with van der Waals surface area (Å²) in [6.07, 6.45) is 0.854. The second-order valence-electron chi connectivity index (χ2n) is 3.78. The summed E-state index contributed by atoms with van der Waals surface area (Å²) in [7, 11) is 3.79. The van der Waals surface area contributed by atoms with Gasteiger partial charge in [-0.15, -0.1) is 11.3 Å². The fourth-order valence-electron chi connectivity index (χ4n) is 1.38. The lowest BCUT2D eigenvalue weighted by atomic mass is 10.1. The van der Waals surface area contributed by atoms with E-state index in [0.29, 0.717) is 6.42 Å². The summed E-state index contributed by atoms with van der Waals surface area (Å²) < 4.78 is 0. The van der Waals surface area contributed by atoms with Gasteiger partial charge in [-0.25, -0.2) is 4.98 Å². The van der Waals surface area contributed by atoms with Crippen molar-refractivity contribution >= 4 is 17.3 Å². The molecule has 5 heteroatoms. The van der Waals surface area contributed by atoms with Gasteiger partial charge in [0.25, 0.3) is 0 Å². The fraction of sp³-hybridized carbons (Fsp3) is 0.600. The van der Waals surface area contributed by atoms with Crippen molar-refractivity contribution in [2.75, 3.05) is 14.1 Å². The molecule has 0 radical (unpaired) electrons. The van der Waals surface area contributed by atoms with Crippen LogP contribution in [0.3, 0.4) is 0 Å². The number of rotatable bonds is 5. The Kier molecular flexibility index (Phi) is 4.23. The highest BCUT2D eigenvalue weighted by Crippen LogP contribution is 2.13. The molecule has 0 saturated heterocycles. The van der Waals surface area contributed by atoms with E-state index < -0.39 is 5.97 Å². The molecule has 1 rings (SSSR count). The zero-order valence-electron chi connectivity index (χ0n) is 9.23. The maximum atomic E-state index is 10.7. The number of hydrogen-bond donors (Lipinski definition) is 1. The lowest BCUT2D eigenvalue weighted by molar-refractivity contribution is -0.138. The predicted molar refractivity (Wildman–Crippen MR) is 60.3 cm³/mol. The van der Waals surface area contributed by atoms with Crippen LogP contribution in [0.4, 0.5) is 0 Å². The first-order valence-corrected chi connectivity index (χ1v) is 5.66. The number of carboxylic acid groups (broad SMARTS) is 1. The van der Waals surface area contributed by atoms with E-state index in [4.69, 9.17) is 5.11 Å². The van der Waals surface area contributed by atoms with Gasteiger partial charge in [-0.2, -0.15) is 0 Å². The molecule has 0 fully saturated rings. The third kappa shape index (κ3) is 3.97. The number of hydrogen-bond acceptors (Lipinski definition) is 4. The first-order chi connectivity index (χ1) is 6.99. The van der Waals surface area contributed by atoms with Gasteiger partial charge in [0.05, 0.1) is 17.1 Å². The first kappa shape index (κ1) is 12.1. The Bertz CT molecular complexity index is 336. The number of thiazole rings is 1. The molecule has 0 aliphatic rings. The quantitative estimate of drug-likeness (QED) is 0.827. The van der Waals surface area contributed by atoms with E-state index >= 15 is 0 Å². The molecule has 15 heavy (non-hydrogen) atoms. The molecule has 0 amide bonds. The minimum atomic E-state index is -0.763. The first-order valence-electron chi connectivity index (χ1n) is 4.78. The van der Waals surface area contributed by atoms with Crippen LogP contribution < -0.4 is 0 Å². The van der Waals surface area contributed by atoms with Crippen molar-refractivity contribution in [3.8, 4) is 0 Å². The predicted octanol–water partition coefficient (Wildman–Crippen LogP) is 1.40. The average Bonchev–Trinajstić information content (AvgIpc) is 2.49.